The number of rotatable bonds is 4. The van der Waals surface area contributed by atoms with E-state index in [1.165, 1.54) is 0 Å². The first kappa shape index (κ1) is 12.4. The third-order valence-electron chi connectivity index (χ3n) is 3.27. The summed E-state index contributed by atoms with van der Waals surface area (Å²) in [5.74, 6) is -0.841. The molecular weight excluding hydrogens is 230 g/mol. The summed E-state index contributed by atoms with van der Waals surface area (Å²) in [5, 5.41) is 17.7. The summed E-state index contributed by atoms with van der Waals surface area (Å²) >= 11 is 0. The number of carbonyl (C=O) groups is 1. The van der Waals surface area contributed by atoms with Gasteiger partial charge in [0.25, 0.3) is 0 Å². The lowest BCUT2D eigenvalue weighted by atomic mass is 10.2. The molecule has 5 nitrogen and oxygen atoms in total. The largest absolute Gasteiger partial charge is 0.480 e. The Morgan fingerprint density at radius 1 is 1.50 bits per heavy atom. The number of pyridine rings is 1. The minimum absolute atomic E-state index is 0.0156. The number of hydrogen-bond donors (Lipinski definition) is 1. The van der Waals surface area contributed by atoms with Gasteiger partial charge in [-0.15, -0.1) is 0 Å². The monoisotopic (exact) mass is 245 g/mol. The third-order valence-corrected chi connectivity index (χ3v) is 3.27. The second kappa shape index (κ2) is 5.50. The molecule has 1 aliphatic carbocycles. The van der Waals surface area contributed by atoms with E-state index in [0.717, 1.165) is 31.4 Å². The molecule has 0 bridgehead atoms. The van der Waals surface area contributed by atoms with E-state index in [4.69, 9.17) is 10.4 Å². The number of aromatic nitrogens is 1. The molecule has 1 N–H and O–H groups in total. The van der Waals surface area contributed by atoms with Gasteiger partial charge >= 0.3 is 5.97 Å². The van der Waals surface area contributed by atoms with Gasteiger partial charge < -0.3 is 10.0 Å². The molecule has 1 heterocycles. The fourth-order valence-corrected chi connectivity index (χ4v) is 2.41. The molecule has 2 rings (SSSR count). The van der Waals surface area contributed by atoms with Crippen molar-refractivity contribution in [3.63, 3.8) is 0 Å². The molecule has 0 aliphatic heterocycles. The summed E-state index contributed by atoms with van der Waals surface area (Å²) in [5.41, 5.74) is 1.13. The summed E-state index contributed by atoms with van der Waals surface area (Å²) in [6.07, 6.45) is 5.91. The summed E-state index contributed by atoms with van der Waals surface area (Å²) in [6, 6.07) is 5.63. The fraction of sp³-hybridized carbons (Fsp3) is 0.462. The van der Waals surface area contributed by atoms with Crippen LogP contribution in [-0.4, -0.2) is 28.6 Å². The van der Waals surface area contributed by atoms with Crippen LogP contribution < -0.4 is 4.90 Å². The maximum atomic E-state index is 10.9. The highest BCUT2D eigenvalue weighted by molar-refractivity contribution is 5.74. The maximum absolute atomic E-state index is 10.9. The Morgan fingerprint density at radius 3 is 2.72 bits per heavy atom. The maximum Gasteiger partial charge on any atom is 0.323 e. The number of carboxylic acid groups (broad SMARTS) is 1. The summed E-state index contributed by atoms with van der Waals surface area (Å²) in [6.45, 7) is -0.0156. The van der Waals surface area contributed by atoms with Crippen LogP contribution >= 0.6 is 0 Å². The van der Waals surface area contributed by atoms with E-state index in [9.17, 15) is 4.79 Å². The Kier molecular flexibility index (Phi) is 3.78. The Hall–Kier alpha value is -2.09. The van der Waals surface area contributed by atoms with Crippen LogP contribution in [-0.2, 0) is 4.79 Å². The second-order valence-electron chi connectivity index (χ2n) is 4.47. The molecule has 5 heteroatoms. The van der Waals surface area contributed by atoms with Gasteiger partial charge in [-0.1, -0.05) is 12.8 Å². The standard InChI is InChI=1S/C13H15N3O2/c14-7-10-5-6-12(8-15-10)16(9-13(17)18)11-3-1-2-4-11/h5-6,8,11H,1-4,9H2,(H,17,18). The van der Waals surface area contributed by atoms with Crippen molar-refractivity contribution >= 4 is 11.7 Å². The van der Waals surface area contributed by atoms with Gasteiger partial charge in [-0.05, 0) is 25.0 Å². The van der Waals surface area contributed by atoms with Gasteiger partial charge in [-0.25, -0.2) is 4.98 Å². The zero-order valence-corrected chi connectivity index (χ0v) is 10.0. The van der Waals surface area contributed by atoms with E-state index >= 15 is 0 Å². The van der Waals surface area contributed by atoms with E-state index < -0.39 is 5.97 Å². The van der Waals surface area contributed by atoms with Crippen LogP contribution in [0.4, 0.5) is 5.69 Å². The lowest BCUT2D eigenvalue weighted by Gasteiger charge is -2.29. The van der Waals surface area contributed by atoms with Gasteiger partial charge in [0.1, 0.15) is 18.3 Å². The van der Waals surface area contributed by atoms with E-state index in [2.05, 4.69) is 4.98 Å². The summed E-state index contributed by atoms with van der Waals surface area (Å²) < 4.78 is 0. The summed E-state index contributed by atoms with van der Waals surface area (Å²) in [7, 11) is 0. The Morgan fingerprint density at radius 2 is 2.22 bits per heavy atom. The molecular formula is C13H15N3O2. The fourth-order valence-electron chi connectivity index (χ4n) is 2.41. The highest BCUT2D eigenvalue weighted by Crippen LogP contribution is 2.27. The SMILES string of the molecule is N#Cc1ccc(N(CC(=O)O)C2CCCC2)cn1. The van der Waals surface area contributed by atoms with E-state index in [1.807, 2.05) is 11.0 Å². The third kappa shape index (κ3) is 2.77. The number of anilines is 1. The first-order chi connectivity index (χ1) is 8.70. The molecule has 94 valence electrons. The van der Waals surface area contributed by atoms with Crippen molar-refractivity contribution in [3.05, 3.63) is 24.0 Å². The molecule has 0 spiro atoms. The molecule has 18 heavy (non-hydrogen) atoms. The Bertz CT molecular complexity index is 458. The van der Waals surface area contributed by atoms with Crippen LogP contribution in [0.5, 0.6) is 0 Å². The van der Waals surface area contributed by atoms with E-state index in [-0.39, 0.29) is 12.6 Å². The molecule has 1 aromatic heterocycles. The van der Waals surface area contributed by atoms with Crippen molar-refractivity contribution in [2.24, 2.45) is 0 Å². The number of carboxylic acids is 1. The zero-order valence-electron chi connectivity index (χ0n) is 10.0. The highest BCUT2D eigenvalue weighted by Gasteiger charge is 2.24. The van der Waals surface area contributed by atoms with Crippen LogP contribution in [0.25, 0.3) is 0 Å². The van der Waals surface area contributed by atoms with E-state index in [0.29, 0.717) is 5.69 Å². The first-order valence-electron chi connectivity index (χ1n) is 6.05. The normalized spacial score (nSPS) is 15.3. The number of nitrogens with zero attached hydrogens (tertiary/aromatic N) is 3. The Labute approximate surface area is 106 Å². The molecule has 1 aliphatic rings. The average Bonchev–Trinajstić information content (AvgIpc) is 2.89. The van der Waals surface area contributed by atoms with Crippen LogP contribution in [0.3, 0.4) is 0 Å². The molecule has 1 saturated carbocycles. The number of hydrogen-bond acceptors (Lipinski definition) is 4. The lowest BCUT2D eigenvalue weighted by Crippen LogP contribution is -2.37. The number of nitriles is 1. The van der Waals surface area contributed by atoms with E-state index in [1.54, 1.807) is 18.3 Å². The van der Waals surface area contributed by atoms with Gasteiger partial charge in [-0.3, -0.25) is 4.79 Å². The van der Waals surface area contributed by atoms with Gasteiger partial charge in [0, 0.05) is 6.04 Å². The molecule has 0 atom stereocenters. The highest BCUT2D eigenvalue weighted by atomic mass is 16.4. The van der Waals surface area contributed by atoms with Crippen molar-refractivity contribution in [2.75, 3.05) is 11.4 Å². The van der Waals surface area contributed by atoms with Crippen molar-refractivity contribution in [3.8, 4) is 6.07 Å². The molecule has 0 saturated heterocycles. The molecule has 0 radical (unpaired) electrons. The quantitative estimate of drug-likeness (QED) is 0.875. The molecule has 1 aromatic rings. The smallest absolute Gasteiger partial charge is 0.323 e. The number of aliphatic carboxylic acids is 1. The van der Waals surface area contributed by atoms with Crippen LogP contribution in [0.15, 0.2) is 18.3 Å². The second-order valence-corrected chi connectivity index (χ2v) is 4.47. The minimum Gasteiger partial charge on any atom is -0.480 e. The van der Waals surface area contributed by atoms with Crippen LogP contribution in [0, 0.1) is 11.3 Å². The van der Waals surface area contributed by atoms with Gasteiger partial charge in [0.05, 0.1) is 11.9 Å². The van der Waals surface area contributed by atoms with Crippen molar-refractivity contribution in [1.29, 1.82) is 5.26 Å². The minimum atomic E-state index is -0.841. The first-order valence-corrected chi connectivity index (χ1v) is 6.05. The van der Waals surface area contributed by atoms with Crippen molar-refractivity contribution in [2.45, 2.75) is 31.7 Å². The van der Waals surface area contributed by atoms with Gasteiger partial charge in [0.15, 0.2) is 0 Å². The topological polar surface area (TPSA) is 77.2 Å². The Balaban J connectivity index is 2.21. The van der Waals surface area contributed by atoms with Crippen LogP contribution in [0.1, 0.15) is 31.4 Å². The lowest BCUT2D eigenvalue weighted by molar-refractivity contribution is -0.135. The van der Waals surface area contributed by atoms with Crippen LogP contribution in [0.2, 0.25) is 0 Å². The molecule has 0 unspecified atom stereocenters. The molecule has 1 fully saturated rings. The van der Waals surface area contributed by atoms with Gasteiger partial charge in [-0.2, -0.15) is 5.26 Å². The van der Waals surface area contributed by atoms with Crippen molar-refractivity contribution < 1.29 is 9.90 Å². The zero-order chi connectivity index (χ0) is 13.0. The van der Waals surface area contributed by atoms with Crippen molar-refractivity contribution in [1.82, 2.24) is 4.98 Å². The average molecular weight is 245 g/mol. The summed E-state index contributed by atoms with van der Waals surface area (Å²) in [4.78, 5) is 16.8. The predicted octanol–water partition coefficient (Wildman–Crippen LogP) is 1.79. The molecule has 0 aromatic carbocycles. The molecule has 0 amide bonds. The van der Waals surface area contributed by atoms with Gasteiger partial charge in [0.2, 0.25) is 0 Å². The predicted molar refractivity (Wildman–Crippen MR) is 66.2 cm³/mol.